The molecule has 2 aromatic rings. The predicted molar refractivity (Wildman–Crippen MR) is 82.3 cm³/mol. The van der Waals surface area contributed by atoms with Crippen LogP contribution in [0, 0.1) is 5.82 Å². The van der Waals surface area contributed by atoms with Crippen molar-refractivity contribution in [2.24, 2.45) is 0 Å². The molecule has 1 aromatic heterocycles. The molecule has 0 amide bonds. The molecule has 1 aromatic carbocycles. The average molecular weight is 293 g/mol. The van der Waals surface area contributed by atoms with Crippen LogP contribution in [0.25, 0.3) is 10.4 Å². The SMILES string of the molecule is CCC(C)(O)CNCc1ccc(-c2ccccc2F)s1. The fraction of sp³-hybridized carbons (Fsp3) is 0.375. The Bertz CT molecular complexity index is 565. The Morgan fingerprint density at radius 2 is 2.00 bits per heavy atom. The Hall–Kier alpha value is -1.23. The van der Waals surface area contributed by atoms with Crippen LogP contribution in [-0.2, 0) is 6.54 Å². The van der Waals surface area contributed by atoms with Gasteiger partial charge in [-0.15, -0.1) is 11.3 Å². The molecule has 1 unspecified atom stereocenters. The van der Waals surface area contributed by atoms with Gasteiger partial charge in [0.25, 0.3) is 0 Å². The molecule has 0 radical (unpaired) electrons. The minimum absolute atomic E-state index is 0.192. The number of hydrogen-bond donors (Lipinski definition) is 2. The number of hydrogen-bond acceptors (Lipinski definition) is 3. The maximum atomic E-state index is 13.7. The maximum Gasteiger partial charge on any atom is 0.131 e. The number of halogens is 1. The third-order valence-electron chi connectivity index (χ3n) is 3.37. The molecule has 0 spiro atoms. The molecule has 0 aliphatic rings. The highest BCUT2D eigenvalue weighted by Gasteiger charge is 2.16. The summed E-state index contributed by atoms with van der Waals surface area (Å²) in [5, 5.41) is 13.2. The van der Waals surface area contributed by atoms with Crippen molar-refractivity contribution < 1.29 is 9.50 Å². The fourth-order valence-corrected chi connectivity index (χ4v) is 2.86. The first-order valence-electron chi connectivity index (χ1n) is 6.78. The molecule has 0 aliphatic heterocycles. The normalized spacial score (nSPS) is 14.2. The molecule has 2 N–H and O–H groups in total. The Balaban J connectivity index is 1.98. The van der Waals surface area contributed by atoms with Crippen molar-refractivity contribution in [2.75, 3.05) is 6.54 Å². The van der Waals surface area contributed by atoms with E-state index in [1.54, 1.807) is 23.5 Å². The fourth-order valence-electron chi connectivity index (χ4n) is 1.86. The minimum atomic E-state index is -0.675. The standard InChI is InChI=1S/C16H20FNOS/c1-3-16(2,19)11-18-10-12-8-9-15(20-12)13-6-4-5-7-14(13)17/h4-9,18-19H,3,10-11H2,1-2H3. The van der Waals surface area contributed by atoms with E-state index in [0.29, 0.717) is 25.1 Å². The number of nitrogens with one attached hydrogen (secondary N) is 1. The van der Waals surface area contributed by atoms with Crippen molar-refractivity contribution in [3.05, 3.63) is 47.1 Å². The zero-order chi connectivity index (χ0) is 14.6. The monoisotopic (exact) mass is 293 g/mol. The molecule has 0 saturated heterocycles. The van der Waals surface area contributed by atoms with Crippen LogP contribution < -0.4 is 5.32 Å². The lowest BCUT2D eigenvalue weighted by Crippen LogP contribution is -2.36. The quantitative estimate of drug-likeness (QED) is 0.849. The van der Waals surface area contributed by atoms with Crippen LogP contribution in [0.3, 0.4) is 0 Å². The first-order valence-corrected chi connectivity index (χ1v) is 7.60. The van der Waals surface area contributed by atoms with Crippen LogP contribution in [0.15, 0.2) is 36.4 Å². The summed E-state index contributed by atoms with van der Waals surface area (Å²) in [7, 11) is 0. The second kappa shape index (κ2) is 6.48. The zero-order valence-electron chi connectivity index (χ0n) is 11.8. The lowest BCUT2D eigenvalue weighted by molar-refractivity contribution is 0.0556. The Kier molecular flexibility index (Phi) is 4.91. The van der Waals surface area contributed by atoms with Crippen LogP contribution in [0.4, 0.5) is 4.39 Å². The van der Waals surface area contributed by atoms with E-state index in [4.69, 9.17) is 0 Å². The molecule has 0 aliphatic carbocycles. The second-order valence-corrected chi connectivity index (χ2v) is 6.37. The topological polar surface area (TPSA) is 32.3 Å². The summed E-state index contributed by atoms with van der Waals surface area (Å²) < 4.78 is 13.7. The highest BCUT2D eigenvalue weighted by molar-refractivity contribution is 7.15. The minimum Gasteiger partial charge on any atom is -0.389 e. The van der Waals surface area contributed by atoms with Gasteiger partial charge in [0.15, 0.2) is 0 Å². The first-order chi connectivity index (χ1) is 9.52. The third kappa shape index (κ3) is 3.88. The van der Waals surface area contributed by atoms with Crippen molar-refractivity contribution >= 4 is 11.3 Å². The highest BCUT2D eigenvalue weighted by atomic mass is 32.1. The predicted octanol–water partition coefficient (Wildman–Crippen LogP) is 3.80. The lowest BCUT2D eigenvalue weighted by atomic mass is 10.0. The number of aliphatic hydroxyl groups is 1. The van der Waals surface area contributed by atoms with Gasteiger partial charge in [0.05, 0.1) is 5.60 Å². The number of benzene rings is 1. The summed E-state index contributed by atoms with van der Waals surface area (Å²) in [6.07, 6.45) is 0.713. The summed E-state index contributed by atoms with van der Waals surface area (Å²) in [6, 6.07) is 10.8. The molecule has 0 saturated carbocycles. The molecule has 0 fully saturated rings. The van der Waals surface area contributed by atoms with Gasteiger partial charge in [-0.3, -0.25) is 0 Å². The van der Waals surface area contributed by atoms with Crippen LogP contribution in [0.1, 0.15) is 25.1 Å². The zero-order valence-corrected chi connectivity index (χ0v) is 12.6. The smallest absolute Gasteiger partial charge is 0.131 e. The average Bonchev–Trinajstić information content (AvgIpc) is 2.88. The van der Waals surface area contributed by atoms with Gasteiger partial charge in [0, 0.05) is 28.4 Å². The van der Waals surface area contributed by atoms with Crippen LogP contribution >= 0.6 is 11.3 Å². The molecular formula is C16H20FNOS. The van der Waals surface area contributed by atoms with Gasteiger partial charge in [0.2, 0.25) is 0 Å². The molecule has 0 bridgehead atoms. The number of rotatable bonds is 6. The Morgan fingerprint density at radius 3 is 2.70 bits per heavy atom. The van der Waals surface area contributed by atoms with Crippen molar-refractivity contribution in [3.63, 3.8) is 0 Å². The van der Waals surface area contributed by atoms with Crippen molar-refractivity contribution in [1.82, 2.24) is 5.32 Å². The van der Waals surface area contributed by atoms with E-state index in [2.05, 4.69) is 5.32 Å². The van der Waals surface area contributed by atoms with Gasteiger partial charge >= 0.3 is 0 Å². The molecule has 2 nitrogen and oxygen atoms in total. The van der Waals surface area contributed by atoms with Gasteiger partial charge in [-0.1, -0.05) is 25.1 Å². The van der Waals surface area contributed by atoms with E-state index in [1.165, 1.54) is 6.07 Å². The van der Waals surface area contributed by atoms with E-state index in [9.17, 15) is 9.50 Å². The van der Waals surface area contributed by atoms with Gasteiger partial charge < -0.3 is 10.4 Å². The highest BCUT2D eigenvalue weighted by Crippen LogP contribution is 2.29. The van der Waals surface area contributed by atoms with Gasteiger partial charge in [0.1, 0.15) is 5.82 Å². The number of thiophene rings is 1. The molecule has 1 atom stereocenters. The Labute approximate surface area is 123 Å². The van der Waals surface area contributed by atoms with E-state index in [-0.39, 0.29) is 5.82 Å². The summed E-state index contributed by atoms with van der Waals surface area (Å²) in [5.74, 6) is -0.192. The summed E-state index contributed by atoms with van der Waals surface area (Å²) >= 11 is 1.57. The molecule has 2 rings (SSSR count). The molecule has 4 heteroatoms. The molecule has 1 heterocycles. The summed E-state index contributed by atoms with van der Waals surface area (Å²) in [4.78, 5) is 2.07. The lowest BCUT2D eigenvalue weighted by Gasteiger charge is -2.21. The maximum absolute atomic E-state index is 13.7. The van der Waals surface area contributed by atoms with Crippen LogP contribution in [0.5, 0.6) is 0 Å². The summed E-state index contributed by atoms with van der Waals surface area (Å²) in [5.41, 5.74) is -0.0321. The molecule has 108 valence electrons. The van der Waals surface area contributed by atoms with Crippen LogP contribution in [0.2, 0.25) is 0 Å². The van der Waals surface area contributed by atoms with Gasteiger partial charge in [-0.25, -0.2) is 4.39 Å². The van der Waals surface area contributed by atoms with Crippen molar-refractivity contribution in [2.45, 2.75) is 32.4 Å². The molecular weight excluding hydrogens is 273 g/mol. The molecule has 20 heavy (non-hydrogen) atoms. The van der Waals surface area contributed by atoms with E-state index in [0.717, 1.165) is 9.75 Å². The largest absolute Gasteiger partial charge is 0.389 e. The Morgan fingerprint density at radius 1 is 1.25 bits per heavy atom. The van der Waals surface area contributed by atoms with Crippen LogP contribution in [-0.4, -0.2) is 17.3 Å². The van der Waals surface area contributed by atoms with Gasteiger partial charge in [-0.2, -0.15) is 0 Å². The first kappa shape index (κ1) is 15.2. The summed E-state index contributed by atoms with van der Waals surface area (Å²) in [6.45, 7) is 5.02. The van der Waals surface area contributed by atoms with Crippen molar-refractivity contribution in [3.8, 4) is 10.4 Å². The van der Waals surface area contributed by atoms with E-state index < -0.39 is 5.60 Å². The van der Waals surface area contributed by atoms with E-state index in [1.807, 2.05) is 32.0 Å². The third-order valence-corrected chi connectivity index (χ3v) is 4.49. The van der Waals surface area contributed by atoms with Crippen molar-refractivity contribution in [1.29, 1.82) is 0 Å². The second-order valence-electron chi connectivity index (χ2n) is 5.20. The van der Waals surface area contributed by atoms with Gasteiger partial charge in [-0.05, 0) is 31.5 Å². The van der Waals surface area contributed by atoms with E-state index >= 15 is 0 Å².